The molecular weight excluding hydrogens is 226 g/mol. The van der Waals surface area contributed by atoms with E-state index in [0.717, 1.165) is 17.0 Å². The first-order valence-electron chi connectivity index (χ1n) is 5.06. The Balaban J connectivity index is 2.29. The van der Waals surface area contributed by atoms with E-state index in [1.54, 1.807) is 0 Å². The highest BCUT2D eigenvalue weighted by Crippen LogP contribution is 2.26. The highest BCUT2D eigenvalue weighted by Gasteiger charge is 2.18. The van der Waals surface area contributed by atoms with E-state index in [1.165, 1.54) is 11.5 Å². The molecule has 6 nitrogen and oxygen atoms in total. The second-order valence-electron chi connectivity index (χ2n) is 3.38. The van der Waals surface area contributed by atoms with Crippen LogP contribution in [0.15, 0.2) is 4.42 Å². The van der Waals surface area contributed by atoms with Crippen LogP contribution in [-0.2, 0) is 0 Å². The molecule has 1 atom stereocenters. The molecule has 0 fully saturated rings. The zero-order valence-electron chi connectivity index (χ0n) is 9.39. The van der Waals surface area contributed by atoms with Crippen molar-refractivity contribution in [2.45, 2.75) is 26.3 Å². The van der Waals surface area contributed by atoms with Crippen molar-refractivity contribution in [1.82, 2.24) is 25.1 Å². The highest BCUT2D eigenvalue weighted by atomic mass is 32.1. The van der Waals surface area contributed by atoms with Gasteiger partial charge in [-0.1, -0.05) is 11.4 Å². The lowest BCUT2D eigenvalue weighted by molar-refractivity contribution is 0.415. The number of rotatable bonds is 4. The molecule has 86 valence electrons. The van der Waals surface area contributed by atoms with Crippen molar-refractivity contribution in [2.75, 3.05) is 7.05 Å². The van der Waals surface area contributed by atoms with E-state index in [-0.39, 0.29) is 6.04 Å². The molecular formula is C9H13N5OS. The van der Waals surface area contributed by atoms with E-state index in [9.17, 15) is 0 Å². The minimum Gasteiger partial charge on any atom is -0.418 e. The Morgan fingerprint density at radius 3 is 2.75 bits per heavy atom. The van der Waals surface area contributed by atoms with Crippen molar-refractivity contribution in [2.24, 2.45) is 0 Å². The molecule has 1 unspecified atom stereocenters. The second-order valence-corrected chi connectivity index (χ2v) is 4.14. The summed E-state index contributed by atoms with van der Waals surface area (Å²) in [7, 11) is 1.87. The van der Waals surface area contributed by atoms with Crippen LogP contribution < -0.4 is 5.32 Å². The summed E-state index contributed by atoms with van der Waals surface area (Å²) in [6, 6.07) is 0.0995. The summed E-state index contributed by atoms with van der Waals surface area (Å²) in [6.45, 7) is 3.93. The molecule has 1 N–H and O–H groups in total. The lowest BCUT2D eigenvalue weighted by atomic mass is 10.2. The number of aromatic nitrogens is 4. The van der Waals surface area contributed by atoms with Crippen molar-refractivity contribution < 1.29 is 4.42 Å². The van der Waals surface area contributed by atoms with Gasteiger partial charge in [-0.05, 0) is 31.9 Å². The van der Waals surface area contributed by atoms with Gasteiger partial charge in [-0.2, -0.15) is 0 Å². The lowest BCUT2D eigenvalue weighted by Crippen LogP contribution is -2.15. The predicted octanol–water partition coefficient (Wildman–Crippen LogP) is 1.57. The van der Waals surface area contributed by atoms with Crippen LogP contribution in [-0.4, -0.2) is 26.8 Å². The standard InChI is InChI=1S/C9H13N5OS/c1-4-6(10-3)8-12-13-9(15-8)7-5(2)11-14-16-7/h6,10H,4H2,1-3H3. The molecule has 16 heavy (non-hydrogen) atoms. The molecule has 0 aliphatic carbocycles. The van der Waals surface area contributed by atoms with Crippen molar-refractivity contribution in [1.29, 1.82) is 0 Å². The first-order chi connectivity index (χ1) is 7.76. The average molecular weight is 239 g/mol. The summed E-state index contributed by atoms with van der Waals surface area (Å²) in [4.78, 5) is 0.838. The molecule has 2 aromatic rings. The fourth-order valence-electron chi connectivity index (χ4n) is 1.40. The van der Waals surface area contributed by atoms with Gasteiger partial charge in [-0.15, -0.1) is 15.3 Å². The SMILES string of the molecule is CCC(NC)c1nnc(-c2snnc2C)o1. The summed E-state index contributed by atoms with van der Waals surface area (Å²) < 4.78 is 9.44. The van der Waals surface area contributed by atoms with Gasteiger partial charge in [0.15, 0.2) is 0 Å². The first-order valence-corrected chi connectivity index (χ1v) is 5.83. The van der Waals surface area contributed by atoms with Gasteiger partial charge in [0.25, 0.3) is 5.89 Å². The van der Waals surface area contributed by atoms with Crippen LogP contribution in [0, 0.1) is 6.92 Å². The van der Waals surface area contributed by atoms with Crippen LogP contribution in [0.1, 0.15) is 31.0 Å². The molecule has 2 aromatic heterocycles. The Morgan fingerprint density at radius 1 is 1.38 bits per heavy atom. The molecule has 0 amide bonds. The largest absolute Gasteiger partial charge is 0.418 e. The molecule has 0 saturated heterocycles. The molecule has 7 heteroatoms. The lowest BCUT2D eigenvalue weighted by Gasteiger charge is -2.06. The Labute approximate surface area is 97.3 Å². The monoisotopic (exact) mass is 239 g/mol. The first kappa shape index (κ1) is 11.2. The fraction of sp³-hybridized carbons (Fsp3) is 0.556. The molecule has 0 aliphatic heterocycles. The Hall–Kier alpha value is -1.34. The predicted molar refractivity (Wildman–Crippen MR) is 60.0 cm³/mol. The minimum atomic E-state index is 0.0995. The number of hydrogen-bond donors (Lipinski definition) is 1. The zero-order chi connectivity index (χ0) is 11.5. The van der Waals surface area contributed by atoms with Crippen molar-refractivity contribution in [3.63, 3.8) is 0 Å². The molecule has 0 radical (unpaired) electrons. The Kier molecular flexibility index (Phi) is 3.25. The smallest absolute Gasteiger partial charge is 0.261 e. The van der Waals surface area contributed by atoms with Gasteiger partial charge in [-0.25, -0.2) is 0 Å². The van der Waals surface area contributed by atoms with Gasteiger partial charge in [0.2, 0.25) is 5.89 Å². The van der Waals surface area contributed by atoms with Crippen molar-refractivity contribution in [3.8, 4) is 10.8 Å². The molecule has 0 aromatic carbocycles. The third-order valence-corrected chi connectivity index (χ3v) is 3.16. The maximum absolute atomic E-state index is 5.60. The van der Waals surface area contributed by atoms with E-state index in [2.05, 4.69) is 32.0 Å². The van der Waals surface area contributed by atoms with E-state index < -0.39 is 0 Å². The average Bonchev–Trinajstić information content (AvgIpc) is 2.89. The van der Waals surface area contributed by atoms with Gasteiger partial charge >= 0.3 is 0 Å². The fourth-order valence-corrected chi connectivity index (χ4v) is 1.98. The number of nitrogens with one attached hydrogen (secondary N) is 1. The summed E-state index contributed by atoms with van der Waals surface area (Å²) in [5.41, 5.74) is 0.817. The van der Waals surface area contributed by atoms with E-state index >= 15 is 0 Å². The summed E-state index contributed by atoms with van der Waals surface area (Å²) in [6.07, 6.45) is 0.901. The maximum Gasteiger partial charge on any atom is 0.261 e. The van der Waals surface area contributed by atoms with Crippen molar-refractivity contribution in [3.05, 3.63) is 11.6 Å². The maximum atomic E-state index is 5.60. The van der Waals surface area contributed by atoms with Gasteiger partial charge in [0.05, 0.1) is 11.7 Å². The summed E-state index contributed by atoms with van der Waals surface area (Å²) in [5.74, 6) is 1.10. The minimum absolute atomic E-state index is 0.0995. The Bertz CT molecular complexity index is 462. The van der Waals surface area contributed by atoms with Crippen LogP contribution in [0.2, 0.25) is 0 Å². The third kappa shape index (κ3) is 1.96. The molecule has 0 saturated carbocycles. The molecule has 2 heterocycles. The van der Waals surface area contributed by atoms with Gasteiger partial charge in [0.1, 0.15) is 4.88 Å². The van der Waals surface area contributed by atoms with Gasteiger partial charge < -0.3 is 9.73 Å². The number of nitrogens with zero attached hydrogens (tertiary/aromatic N) is 4. The number of aryl methyl sites for hydroxylation is 1. The van der Waals surface area contributed by atoms with Crippen LogP contribution in [0.4, 0.5) is 0 Å². The van der Waals surface area contributed by atoms with Gasteiger partial charge in [0, 0.05) is 0 Å². The highest BCUT2D eigenvalue weighted by molar-refractivity contribution is 7.09. The van der Waals surface area contributed by atoms with E-state index in [0.29, 0.717) is 11.8 Å². The van der Waals surface area contributed by atoms with Crippen LogP contribution in [0.25, 0.3) is 10.8 Å². The summed E-state index contributed by atoms with van der Waals surface area (Å²) >= 11 is 1.27. The third-order valence-electron chi connectivity index (χ3n) is 2.34. The zero-order valence-corrected chi connectivity index (χ0v) is 10.2. The molecule has 0 aliphatic rings. The van der Waals surface area contributed by atoms with Crippen molar-refractivity contribution >= 4 is 11.5 Å². The molecule has 0 spiro atoms. The normalized spacial score (nSPS) is 12.9. The molecule has 2 rings (SSSR count). The van der Waals surface area contributed by atoms with Crippen LogP contribution in [0.3, 0.4) is 0 Å². The van der Waals surface area contributed by atoms with Crippen LogP contribution in [0.5, 0.6) is 0 Å². The van der Waals surface area contributed by atoms with Gasteiger partial charge in [-0.3, -0.25) is 0 Å². The Morgan fingerprint density at radius 2 is 2.19 bits per heavy atom. The second kappa shape index (κ2) is 4.67. The van der Waals surface area contributed by atoms with E-state index in [4.69, 9.17) is 4.42 Å². The number of hydrogen-bond acceptors (Lipinski definition) is 7. The molecule has 0 bridgehead atoms. The van der Waals surface area contributed by atoms with Crippen LogP contribution >= 0.6 is 11.5 Å². The summed E-state index contributed by atoms with van der Waals surface area (Å²) in [5, 5.41) is 15.1. The topological polar surface area (TPSA) is 76.7 Å². The quantitative estimate of drug-likeness (QED) is 0.872. The van der Waals surface area contributed by atoms with E-state index in [1.807, 2.05) is 14.0 Å².